The van der Waals surface area contributed by atoms with E-state index in [0.717, 1.165) is 30.9 Å². The van der Waals surface area contributed by atoms with Gasteiger partial charge in [0.15, 0.2) is 5.95 Å². The predicted octanol–water partition coefficient (Wildman–Crippen LogP) is 2.77. The van der Waals surface area contributed by atoms with Crippen LogP contribution < -0.4 is 5.32 Å². The molecule has 0 saturated carbocycles. The van der Waals surface area contributed by atoms with Crippen LogP contribution in [0.2, 0.25) is 0 Å². The second kappa shape index (κ2) is 5.80. The molecule has 1 saturated heterocycles. The number of anilines is 1. The van der Waals surface area contributed by atoms with Gasteiger partial charge in [-0.25, -0.2) is 9.97 Å². The van der Waals surface area contributed by atoms with Crippen molar-refractivity contribution in [3.63, 3.8) is 0 Å². The number of nitrogens with zero attached hydrogens (tertiary/aromatic N) is 2. The predicted molar refractivity (Wildman–Crippen MR) is 86.1 cm³/mol. The zero-order valence-electron chi connectivity index (χ0n) is 12.9. The third-order valence-electron chi connectivity index (χ3n) is 4.25. The number of rotatable bonds is 5. The maximum atomic E-state index is 13.2. The Balaban J connectivity index is 1.84. The minimum Gasteiger partial charge on any atom is -0.493 e. The third kappa shape index (κ3) is 2.90. The van der Waals surface area contributed by atoms with Crippen LogP contribution >= 0.6 is 7.14 Å². The van der Waals surface area contributed by atoms with E-state index in [1.165, 1.54) is 0 Å². The molecule has 0 aliphatic carbocycles. The molecule has 3 heterocycles. The highest BCUT2D eigenvalue weighted by Crippen LogP contribution is 2.62. The molecule has 1 atom stereocenters. The molecule has 1 fully saturated rings. The lowest BCUT2D eigenvalue weighted by atomic mass is 10.4. The molecular weight excluding hydrogens is 301 g/mol. The summed E-state index contributed by atoms with van der Waals surface area (Å²) in [7, 11) is -2.35. The summed E-state index contributed by atoms with van der Waals surface area (Å²) in [6, 6.07) is 0. The number of aromatic hydroxyl groups is 1. The molecule has 2 aromatic rings. The van der Waals surface area contributed by atoms with Gasteiger partial charge in [-0.1, -0.05) is 0 Å². The number of aromatic nitrogens is 4. The molecular formula is C14H22N5O2P. The number of nitrogens with one attached hydrogen (secondary N) is 3. The van der Waals surface area contributed by atoms with Crippen LogP contribution in [0.5, 0.6) is 5.88 Å². The second-order valence-corrected chi connectivity index (χ2v) is 9.37. The number of aryl methyl sites for hydroxylation is 2. The molecule has 7 nitrogen and oxygen atoms in total. The fourth-order valence-electron chi connectivity index (χ4n) is 3.00. The molecule has 8 heteroatoms. The van der Waals surface area contributed by atoms with Crippen LogP contribution in [0.4, 0.5) is 5.95 Å². The summed E-state index contributed by atoms with van der Waals surface area (Å²) in [5, 5.41) is 13.0. The van der Waals surface area contributed by atoms with E-state index < -0.39 is 7.14 Å². The minimum atomic E-state index is -2.35. The first kappa shape index (κ1) is 15.2. The first-order valence-electron chi connectivity index (χ1n) is 7.57. The molecule has 0 bridgehead atoms. The van der Waals surface area contributed by atoms with E-state index in [-0.39, 0.29) is 11.5 Å². The summed E-state index contributed by atoms with van der Waals surface area (Å²) in [4.78, 5) is 14.6. The molecule has 2 aromatic heterocycles. The van der Waals surface area contributed by atoms with Gasteiger partial charge in [-0.2, -0.15) is 0 Å². The lowest BCUT2D eigenvalue weighted by Crippen LogP contribution is -2.16. The van der Waals surface area contributed by atoms with Crippen molar-refractivity contribution < 1.29 is 9.67 Å². The van der Waals surface area contributed by atoms with Gasteiger partial charge in [0.1, 0.15) is 5.82 Å². The average molecular weight is 323 g/mol. The molecule has 120 valence electrons. The van der Waals surface area contributed by atoms with Crippen LogP contribution in [0.25, 0.3) is 0 Å². The Hall–Kier alpha value is -1.75. The number of hydrogen-bond acceptors (Lipinski definition) is 5. The van der Waals surface area contributed by atoms with Gasteiger partial charge in [0.2, 0.25) is 5.88 Å². The Morgan fingerprint density at radius 1 is 1.36 bits per heavy atom. The van der Waals surface area contributed by atoms with Crippen molar-refractivity contribution in [1.82, 2.24) is 19.9 Å². The summed E-state index contributed by atoms with van der Waals surface area (Å²) >= 11 is 0. The zero-order valence-corrected chi connectivity index (χ0v) is 13.8. The van der Waals surface area contributed by atoms with Gasteiger partial charge in [-0.3, -0.25) is 0 Å². The highest BCUT2D eigenvalue weighted by Gasteiger charge is 2.38. The Morgan fingerprint density at radius 2 is 2.09 bits per heavy atom. The van der Waals surface area contributed by atoms with Crippen molar-refractivity contribution in [3.05, 3.63) is 23.4 Å². The van der Waals surface area contributed by atoms with Gasteiger partial charge in [0, 0.05) is 25.1 Å². The topological polar surface area (TPSA) is 107 Å². The zero-order chi connectivity index (χ0) is 15.7. The van der Waals surface area contributed by atoms with E-state index >= 15 is 0 Å². The smallest absolute Gasteiger partial charge is 0.211 e. The lowest BCUT2D eigenvalue weighted by Gasteiger charge is -2.22. The first-order valence-corrected chi connectivity index (χ1v) is 9.72. The minimum absolute atomic E-state index is 0.0552. The van der Waals surface area contributed by atoms with Crippen molar-refractivity contribution >= 4 is 13.1 Å². The maximum Gasteiger partial charge on any atom is 0.211 e. The fourth-order valence-corrected chi connectivity index (χ4v) is 6.35. The monoisotopic (exact) mass is 323 g/mol. The summed E-state index contributed by atoms with van der Waals surface area (Å²) in [5.41, 5.74) is 1.22. The van der Waals surface area contributed by atoms with Crippen molar-refractivity contribution in [1.29, 1.82) is 0 Å². The number of hydrogen-bond donors (Lipinski definition) is 4. The Kier molecular flexibility index (Phi) is 4.00. The molecule has 0 amide bonds. The van der Waals surface area contributed by atoms with E-state index in [1.54, 1.807) is 6.92 Å². The molecule has 0 spiro atoms. The molecule has 0 aromatic carbocycles. The fraction of sp³-hybridized carbons (Fsp3) is 0.571. The van der Waals surface area contributed by atoms with E-state index in [9.17, 15) is 9.67 Å². The summed E-state index contributed by atoms with van der Waals surface area (Å²) in [5.74, 6) is 1.33. The standard InChI is InChI=1S/C14H22N5O2P/c1-9-7-15-14(17-9)16-8-11(22(21)5-3-4-6-22)12-18-10(2)13(20)19-12/h7,11,20H,3-6,8H2,1-2H3,(H,18,19)(H2,15,16,17). The first-order chi connectivity index (χ1) is 10.5. The van der Waals surface area contributed by atoms with Crippen molar-refractivity contribution in [2.24, 2.45) is 0 Å². The van der Waals surface area contributed by atoms with E-state index in [2.05, 4.69) is 25.3 Å². The van der Waals surface area contributed by atoms with Crippen LogP contribution in [0, 0.1) is 13.8 Å². The molecule has 1 unspecified atom stereocenters. The normalized spacial score (nSPS) is 18.5. The number of aromatic amines is 2. The molecule has 3 rings (SSSR count). The molecule has 22 heavy (non-hydrogen) atoms. The Labute approximate surface area is 129 Å². The van der Waals surface area contributed by atoms with Crippen LogP contribution in [0.15, 0.2) is 6.20 Å². The molecule has 0 radical (unpaired) electrons. The van der Waals surface area contributed by atoms with Crippen molar-refractivity contribution in [3.8, 4) is 5.88 Å². The van der Waals surface area contributed by atoms with Gasteiger partial charge in [-0.05, 0) is 26.7 Å². The van der Waals surface area contributed by atoms with E-state index in [1.807, 2.05) is 13.1 Å². The summed E-state index contributed by atoms with van der Waals surface area (Å²) in [6.07, 6.45) is 5.31. The van der Waals surface area contributed by atoms with Gasteiger partial charge < -0.3 is 25.0 Å². The third-order valence-corrected chi connectivity index (χ3v) is 7.96. The number of imidazole rings is 2. The van der Waals surface area contributed by atoms with E-state index in [0.29, 0.717) is 24.0 Å². The maximum absolute atomic E-state index is 13.2. The number of H-pyrrole nitrogens is 2. The lowest BCUT2D eigenvalue weighted by molar-refractivity contribution is 0.451. The second-order valence-electron chi connectivity index (χ2n) is 5.95. The van der Waals surface area contributed by atoms with Crippen molar-refractivity contribution in [2.45, 2.75) is 32.3 Å². The quantitative estimate of drug-likeness (QED) is 0.633. The highest BCUT2D eigenvalue weighted by molar-refractivity contribution is 7.64. The van der Waals surface area contributed by atoms with Gasteiger partial charge >= 0.3 is 0 Å². The molecule has 4 N–H and O–H groups in total. The van der Waals surface area contributed by atoms with Gasteiger partial charge in [0.05, 0.1) is 24.2 Å². The van der Waals surface area contributed by atoms with Crippen LogP contribution in [0.3, 0.4) is 0 Å². The molecule has 1 aliphatic rings. The average Bonchev–Trinajstić information content (AvgIpc) is 3.15. The van der Waals surface area contributed by atoms with Gasteiger partial charge in [-0.15, -0.1) is 0 Å². The highest BCUT2D eigenvalue weighted by atomic mass is 31.2. The summed E-state index contributed by atoms with van der Waals surface area (Å²) in [6.45, 7) is 4.13. The molecule has 1 aliphatic heterocycles. The van der Waals surface area contributed by atoms with Gasteiger partial charge in [0.25, 0.3) is 0 Å². The van der Waals surface area contributed by atoms with Crippen molar-refractivity contribution in [2.75, 3.05) is 24.2 Å². The Morgan fingerprint density at radius 3 is 2.64 bits per heavy atom. The van der Waals surface area contributed by atoms with E-state index in [4.69, 9.17) is 0 Å². The Bertz CT molecular complexity index is 678. The van der Waals surface area contributed by atoms with Crippen LogP contribution in [-0.2, 0) is 4.57 Å². The largest absolute Gasteiger partial charge is 0.493 e. The SMILES string of the molecule is Cc1c[nH]c(NCC(c2nc(C)c(O)[nH]2)P2(=O)CCCC2)n1. The summed E-state index contributed by atoms with van der Waals surface area (Å²) < 4.78 is 13.2. The van der Waals surface area contributed by atoms with Crippen LogP contribution in [0.1, 0.15) is 35.7 Å². The van der Waals surface area contributed by atoms with Crippen LogP contribution in [-0.4, -0.2) is 43.9 Å².